The van der Waals surface area contributed by atoms with E-state index in [1.807, 2.05) is 36.4 Å². The average Bonchev–Trinajstić information content (AvgIpc) is 2.60. The minimum atomic E-state index is 0.437. The van der Waals surface area contributed by atoms with E-state index in [9.17, 15) is 0 Å². The highest BCUT2D eigenvalue weighted by atomic mass is 16.5. The molecule has 2 aromatic rings. The van der Waals surface area contributed by atoms with Gasteiger partial charge in [0.15, 0.2) is 5.96 Å². The number of guanidine groups is 1. The number of hydrogen-bond donors (Lipinski definition) is 2. The number of nitrogens with zero attached hydrogens (tertiary/aromatic N) is 2. The Morgan fingerprint density at radius 1 is 1.21 bits per heavy atom. The SMILES string of the molecule is CC(C)c1ccccc1OCCNC(N)=NCCc1ccccn1. The van der Waals surface area contributed by atoms with E-state index >= 15 is 0 Å². The molecule has 128 valence electrons. The van der Waals surface area contributed by atoms with Crippen LogP contribution in [0.2, 0.25) is 0 Å². The smallest absolute Gasteiger partial charge is 0.188 e. The fourth-order valence-electron chi connectivity index (χ4n) is 2.32. The number of benzene rings is 1. The van der Waals surface area contributed by atoms with Crippen molar-refractivity contribution in [1.29, 1.82) is 0 Å². The zero-order valence-electron chi connectivity index (χ0n) is 14.4. The molecule has 1 heterocycles. The third-order valence-corrected chi connectivity index (χ3v) is 3.58. The van der Waals surface area contributed by atoms with Gasteiger partial charge in [0, 0.05) is 24.9 Å². The number of aromatic nitrogens is 1. The topological polar surface area (TPSA) is 72.5 Å². The van der Waals surface area contributed by atoms with Crippen molar-refractivity contribution >= 4 is 5.96 Å². The minimum Gasteiger partial charge on any atom is -0.491 e. The van der Waals surface area contributed by atoms with Gasteiger partial charge in [-0.05, 0) is 29.7 Å². The Morgan fingerprint density at radius 3 is 2.75 bits per heavy atom. The highest BCUT2D eigenvalue weighted by Crippen LogP contribution is 2.25. The fraction of sp³-hybridized carbons (Fsp3) is 0.368. The highest BCUT2D eigenvalue weighted by molar-refractivity contribution is 5.77. The largest absolute Gasteiger partial charge is 0.491 e. The predicted octanol–water partition coefficient (Wildman–Crippen LogP) is 2.73. The van der Waals surface area contributed by atoms with Crippen LogP contribution in [-0.4, -0.2) is 30.6 Å². The molecular formula is C19H26N4O. The molecule has 0 aliphatic carbocycles. The summed E-state index contributed by atoms with van der Waals surface area (Å²) in [6.45, 7) is 6.10. The summed E-state index contributed by atoms with van der Waals surface area (Å²) in [7, 11) is 0. The molecule has 1 aromatic carbocycles. The van der Waals surface area contributed by atoms with Gasteiger partial charge in [-0.1, -0.05) is 38.1 Å². The molecule has 3 N–H and O–H groups in total. The first-order valence-electron chi connectivity index (χ1n) is 8.32. The van der Waals surface area contributed by atoms with Crippen molar-refractivity contribution in [2.45, 2.75) is 26.2 Å². The van der Waals surface area contributed by atoms with Gasteiger partial charge in [-0.2, -0.15) is 0 Å². The summed E-state index contributed by atoms with van der Waals surface area (Å²) in [5.74, 6) is 1.80. The van der Waals surface area contributed by atoms with Crippen LogP contribution in [0, 0.1) is 0 Å². The number of ether oxygens (including phenoxy) is 1. The number of pyridine rings is 1. The first-order valence-corrected chi connectivity index (χ1v) is 8.32. The molecule has 0 spiro atoms. The maximum absolute atomic E-state index is 5.86. The normalized spacial score (nSPS) is 11.5. The Kier molecular flexibility index (Phi) is 7.08. The maximum atomic E-state index is 5.86. The summed E-state index contributed by atoms with van der Waals surface area (Å²) < 4.78 is 5.84. The van der Waals surface area contributed by atoms with E-state index in [0.29, 0.717) is 31.6 Å². The predicted molar refractivity (Wildman–Crippen MR) is 98.5 cm³/mol. The molecule has 0 unspecified atom stereocenters. The second-order valence-electron chi connectivity index (χ2n) is 5.81. The lowest BCUT2D eigenvalue weighted by Crippen LogP contribution is -2.35. The van der Waals surface area contributed by atoms with E-state index in [1.165, 1.54) is 5.56 Å². The van der Waals surface area contributed by atoms with Crippen LogP contribution >= 0.6 is 0 Å². The first kappa shape index (κ1) is 17.8. The van der Waals surface area contributed by atoms with Crippen molar-refractivity contribution in [3.05, 3.63) is 59.9 Å². The Hall–Kier alpha value is -2.56. The van der Waals surface area contributed by atoms with Gasteiger partial charge < -0.3 is 15.8 Å². The molecular weight excluding hydrogens is 300 g/mol. The second kappa shape index (κ2) is 9.55. The van der Waals surface area contributed by atoms with Gasteiger partial charge in [-0.15, -0.1) is 0 Å². The van der Waals surface area contributed by atoms with Crippen molar-refractivity contribution in [3.63, 3.8) is 0 Å². The molecule has 2 rings (SSSR count). The van der Waals surface area contributed by atoms with Gasteiger partial charge in [0.1, 0.15) is 12.4 Å². The molecule has 0 radical (unpaired) electrons. The lowest BCUT2D eigenvalue weighted by atomic mass is 10.0. The summed E-state index contributed by atoms with van der Waals surface area (Å²) >= 11 is 0. The van der Waals surface area contributed by atoms with E-state index in [4.69, 9.17) is 10.5 Å². The van der Waals surface area contributed by atoms with Crippen molar-refractivity contribution in [3.8, 4) is 5.75 Å². The molecule has 0 saturated carbocycles. The quantitative estimate of drug-likeness (QED) is 0.444. The van der Waals surface area contributed by atoms with Crippen LogP contribution in [0.4, 0.5) is 0 Å². The van der Waals surface area contributed by atoms with Gasteiger partial charge in [-0.3, -0.25) is 9.98 Å². The highest BCUT2D eigenvalue weighted by Gasteiger charge is 2.06. The fourth-order valence-corrected chi connectivity index (χ4v) is 2.32. The van der Waals surface area contributed by atoms with Crippen LogP contribution in [0.15, 0.2) is 53.7 Å². The van der Waals surface area contributed by atoms with Gasteiger partial charge in [-0.25, -0.2) is 0 Å². The number of nitrogens with one attached hydrogen (secondary N) is 1. The lowest BCUT2D eigenvalue weighted by molar-refractivity contribution is 0.318. The summed E-state index contributed by atoms with van der Waals surface area (Å²) in [5, 5.41) is 3.07. The zero-order chi connectivity index (χ0) is 17.2. The monoisotopic (exact) mass is 326 g/mol. The average molecular weight is 326 g/mol. The molecule has 1 aromatic heterocycles. The number of para-hydroxylation sites is 1. The second-order valence-corrected chi connectivity index (χ2v) is 5.81. The van der Waals surface area contributed by atoms with Crippen LogP contribution < -0.4 is 15.8 Å². The van der Waals surface area contributed by atoms with Crippen molar-refractivity contribution in [1.82, 2.24) is 10.3 Å². The number of aliphatic imine (C=N–C) groups is 1. The maximum Gasteiger partial charge on any atom is 0.188 e. The van der Waals surface area contributed by atoms with Crippen LogP contribution in [0.5, 0.6) is 5.75 Å². The zero-order valence-corrected chi connectivity index (χ0v) is 14.4. The standard InChI is InChI=1S/C19H26N4O/c1-15(2)17-8-3-4-9-18(17)24-14-13-23-19(20)22-12-10-16-7-5-6-11-21-16/h3-9,11,15H,10,12-14H2,1-2H3,(H3,20,22,23). The van der Waals surface area contributed by atoms with Crippen molar-refractivity contribution < 1.29 is 4.74 Å². The molecule has 0 aliphatic heterocycles. The van der Waals surface area contributed by atoms with Crippen molar-refractivity contribution in [2.24, 2.45) is 10.7 Å². The summed E-state index contributed by atoms with van der Waals surface area (Å²) in [6.07, 6.45) is 2.56. The first-order chi connectivity index (χ1) is 11.7. The molecule has 24 heavy (non-hydrogen) atoms. The molecule has 0 aliphatic rings. The van der Waals surface area contributed by atoms with Crippen LogP contribution in [-0.2, 0) is 6.42 Å². The minimum absolute atomic E-state index is 0.437. The molecule has 0 atom stereocenters. The molecule has 0 saturated heterocycles. The molecule has 5 nitrogen and oxygen atoms in total. The summed E-state index contributed by atoms with van der Waals surface area (Å²) in [6, 6.07) is 14.0. The van der Waals surface area contributed by atoms with Gasteiger partial charge in [0.2, 0.25) is 0 Å². The Labute approximate surface area is 144 Å². The Bertz CT molecular complexity index is 641. The van der Waals surface area contributed by atoms with E-state index in [2.05, 4.69) is 35.2 Å². The molecule has 5 heteroatoms. The lowest BCUT2D eigenvalue weighted by Gasteiger charge is -2.14. The number of nitrogens with two attached hydrogens (primary N) is 1. The van der Waals surface area contributed by atoms with E-state index in [1.54, 1.807) is 6.20 Å². The third-order valence-electron chi connectivity index (χ3n) is 3.58. The Morgan fingerprint density at radius 2 is 2.00 bits per heavy atom. The van der Waals surface area contributed by atoms with E-state index in [-0.39, 0.29) is 0 Å². The molecule has 0 amide bonds. The number of hydrogen-bond acceptors (Lipinski definition) is 3. The third kappa shape index (κ3) is 5.91. The summed E-state index contributed by atoms with van der Waals surface area (Å²) in [5.41, 5.74) is 8.09. The molecule has 0 fully saturated rings. The van der Waals surface area contributed by atoms with Gasteiger partial charge in [0.05, 0.1) is 6.54 Å². The van der Waals surface area contributed by atoms with Crippen LogP contribution in [0.1, 0.15) is 31.0 Å². The molecule has 0 bridgehead atoms. The van der Waals surface area contributed by atoms with Gasteiger partial charge in [0.25, 0.3) is 0 Å². The van der Waals surface area contributed by atoms with E-state index < -0.39 is 0 Å². The Balaban J connectivity index is 1.69. The van der Waals surface area contributed by atoms with Gasteiger partial charge >= 0.3 is 0 Å². The van der Waals surface area contributed by atoms with Crippen LogP contribution in [0.25, 0.3) is 0 Å². The van der Waals surface area contributed by atoms with Crippen LogP contribution in [0.3, 0.4) is 0 Å². The van der Waals surface area contributed by atoms with Crippen molar-refractivity contribution in [2.75, 3.05) is 19.7 Å². The summed E-state index contributed by atoms with van der Waals surface area (Å²) in [4.78, 5) is 8.55. The van der Waals surface area contributed by atoms with E-state index in [0.717, 1.165) is 17.9 Å². The number of rotatable bonds is 8.